The Morgan fingerprint density at radius 2 is 1.88 bits per heavy atom. The Kier molecular flexibility index (Phi) is 4.48. The van der Waals surface area contributed by atoms with E-state index in [0.717, 1.165) is 12.1 Å². The Balaban J connectivity index is 1.76. The van der Waals surface area contributed by atoms with Gasteiger partial charge < -0.3 is 11.1 Å². The average Bonchev–Trinajstić information content (AvgIpc) is 3.03. The van der Waals surface area contributed by atoms with Crippen LogP contribution in [-0.2, 0) is 6.42 Å². The Hall–Kier alpha value is -3.59. The van der Waals surface area contributed by atoms with Crippen LogP contribution in [0.25, 0.3) is 5.69 Å². The van der Waals surface area contributed by atoms with E-state index in [-0.39, 0.29) is 11.7 Å². The second kappa shape index (κ2) is 6.89. The molecular weight excluding hydrogens is 314 g/mol. The van der Waals surface area contributed by atoms with Crippen molar-refractivity contribution >= 4 is 17.4 Å². The smallest absolute Gasteiger partial charge is 0.255 e. The monoisotopic (exact) mass is 331 g/mol. The summed E-state index contributed by atoms with van der Waals surface area (Å²) in [6.45, 7) is 2.08. The predicted molar refractivity (Wildman–Crippen MR) is 96.5 cm³/mol. The number of nitrogens with zero attached hydrogens (tertiary/aromatic N) is 3. The maximum atomic E-state index is 12.3. The molecule has 1 aromatic heterocycles. The van der Waals surface area contributed by atoms with E-state index in [1.165, 1.54) is 16.4 Å². The van der Waals surface area contributed by atoms with Gasteiger partial charge in [-0.05, 0) is 48.4 Å². The molecular formula is C19H17N5O. The number of carbonyl (C=O) groups is 1. The van der Waals surface area contributed by atoms with Crippen LogP contribution in [0.2, 0.25) is 0 Å². The second-order valence-electron chi connectivity index (χ2n) is 5.52. The number of anilines is 2. The quantitative estimate of drug-likeness (QED) is 0.767. The van der Waals surface area contributed by atoms with Crippen molar-refractivity contribution in [1.29, 1.82) is 5.26 Å². The fraction of sp³-hybridized carbons (Fsp3) is 0.105. The van der Waals surface area contributed by atoms with Gasteiger partial charge >= 0.3 is 0 Å². The molecule has 0 fully saturated rings. The maximum Gasteiger partial charge on any atom is 0.255 e. The highest BCUT2D eigenvalue weighted by Crippen LogP contribution is 2.18. The summed E-state index contributed by atoms with van der Waals surface area (Å²) in [6, 6.07) is 16.6. The zero-order valence-electron chi connectivity index (χ0n) is 13.7. The van der Waals surface area contributed by atoms with Crippen molar-refractivity contribution in [3.05, 3.63) is 71.4 Å². The first-order valence-electron chi connectivity index (χ1n) is 7.86. The lowest BCUT2D eigenvalue weighted by Crippen LogP contribution is -2.12. The zero-order chi connectivity index (χ0) is 17.8. The molecule has 0 radical (unpaired) electrons. The standard InChI is InChI=1S/C19H17N5O/c1-2-13-3-7-16(8-4-13)23-19(25)14-5-9-17(10-6-14)24-18(21)15(11-20)12-22-24/h3-10,12H,2,21H2,1H3,(H,23,25). The van der Waals surface area contributed by atoms with E-state index in [1.807, 2.05) is 30.3 Å². The van der Waals surface area contributed by atoms with E-state index < -0.39 is 0 Å². The second-order valence-corrected chi connectivity index (χ2v) is 5.52. The van der Waals surface area contributed by atoms with Gasteiger partial charge in [0.05, 0.1) is 11.9 Å². The number of hydrogen-bond acceptors (Lipinski definition) is 4. The fourth-order valence-electron chi connectivity index (χ4n) is 2.43. The van der Waals surface area contributed by atoms with Crippen LogP contribution >= 0.6 is 0 Å². The minimum Gasteiger partial charge on any atom is -0.382 e. The van der Waals surface area contributed by atoms with E-state index in [1.54, 1.807) is 24.3 Å². The Bertz CT molecular complexity index is 933. The predicted octanol–water partition coefficient (Wildman–Crippen LogP) is 3.14. The zero-order valence-corrected chi connectivity index (χ0v) is 13.7. The van der Waals surface area contributed by atoms with Gasteiger partial charge in [0.1, 0.15) is 17.5 Å². The van der Waals surface area contributed by atoms with Crippen LogP contribution in [0.4, 0.5) is 11.5 Å². The number of amides is 1. The van der Waals surface area contributed by atoms with Crippen LogP contribution in [0.15, 0.2) is 54.7 Å². The van der Waals surface area contributed by atoms with Gasteiger partial charge in [0.2, 0.25) is 0 Å². The highest BCUT2D eigenvalue weighted by Gasteiger charge is 2.10. The summed E-state index contributed by atoms with van der Waals surface area (Å²) >= 11 is 0. The summed E-state index contributed by atoms with van der Waals surface area (Å²) in [6.07, 6.45) is 2.37. The average molecular weight is 331 g/mol. The molecule has 3 rings (SSSR count). The number of nitrogens with two attached hydrogens (primary N) is 1. The molecule has 0 aliphatic heterocycles. The first-order valence-corrected chi connectivity index (χ1v) is 7.86. The highest BCUT2D eigenvalue weighted by molar-refractivity contribution is 6.04. The molecule has 25 heavy (non-hydrogen) atoms. The largest absolute Gasteiger partial charge is 0.382 e. The van der Waals surface area contributed by atoms with E-state index in [0.29, 0.717) is 16.8 Å². The van der Waals surface area contributed by atoms with Gasteiger partial charge in [-0.3, -0.25) is 4.79 Å². The molecule has 2 aromatic carbocycles. The van der Waals surface area contributed by atoms with Gasteiger partial charge in [-0.2, -0.15) is 10.4 Å². The van der Waals surface area contributed by atoms with Crippen LogP contribution in [0.3, 0.4) is 0 Å². The Morgan fingerprint density at radius 3 is 2.44 bits per heavy atom. The first kappa shape index (κ1) is 16.3. The summed E-state index contributed by atoms with van der Waals surface area (Å²) in [7, 11) is 0. The lowest BCUT2D eigenvalue weighted by molar-refractivity contribution is 0.102. The van der Waals surface area contributed by atoms with Crippen molar-refractivity contribution in [3.8, 4) is 11.8 Å². The van der Waals surface area contributed by atoms with Crippen molar-refractivity contribution in [2.75, 3.05) is 11.1 Å². The number of carbonyl (C=O) groups excluding carboxylic acids is 1. The molecule has 1 heterocycles. The Labute approximate surface area is 145 Å². The van der Waals surface area contributed by atoms with E-state index >= 15 is 0 Å². The van der Waals surface area contributed by atoms with Crippen LogP contribution < -0.4 is 11.1 Å². The maximum absolute atomic E-state index is 12.3. The molecule has 1 amide bonds. The van der Waals surface area contributed by atoms with Crippen LogP contribution in [-0.4, -0.2) is 15.7 Å². The summed E-state index contributed by atoms with van der Waals surface area (Å²) < 4.78 is 1.46. The van der Waals surface area contributed by atoms with Crippen molar-refractivity contribution < 1.29 is 4.79 Å². The molecule has 0 aliphatic carbocycles. The summed E-state index contributed by atoms with van der Waals surface area (Å²) in [5.41, 5.74) is 9.36. The molecule has 0 bridgehead atoms. The summed E-state index contributed by atoms with van der Waals surface area (Å²) in [4.78, 5) is 12.3. The summed E-state index contributed by atoms with van der Waals surface area (Å²) in [5.74, 6) is 0.0812. The third kappa shape index (κ3) is 3.35. The number of rotatable bonds is 4. The molecule has 6 heteroatoms. The number of benzene rings is 2. The highest BCUT2D eigenvalue weighted by atomic mass is 16.1. The van der Waals surface area contributed by atoms with E-state index in [9.17, 15) is 4.79 Å². The van der Waals surface area contributed by atoms with Gasteiger partial charge in [0.25, 0.3) is 5.91 Å². The van der Waals surface area contributed by atoms with Gasteiger partial charge in [-0.15, -0.1) is 0 Å². The van der Waals surface area contributed by atoms with Crippen molar-refractivity contribution in [2.24, 2.45) is 0 Å². The van der Waals surface area contributed by atoms with Gasteiger partial charge in [0.15, 0.2) is 0 Å². The van der Waals surface area contributed by atoms with Crippen molar-refractivity contribution in [2.45, 2.75) is 13.3 Å². The first-order chi connectivity index (χ1) is 12.1. The lowest BCUT2D eigenvalue weighted by Gasteiger charge is -2.08. The minimum atomic E-state index is -0.193. The minimum absolute atomic E-state index is 0.193. The number of nitrogens with one attached hydrogen (secondary N) is 1. The molecule has 124 valence electrons. The Morgan fingerprint density at radius 1 is 1.20 bits per heavy atom. The van der Waals surface area contributed by atoms with Crippen molar-refractivity contribution in [3.63, 3.8) is 0 Å². The normalized spacial score (nSPS) is 10.2. The molecule has 0 aliphatic rings. The molecule has 0 saturated heterocycles. The third-order valence-electron chi connectivity index (χ3n) is 3.92. The molecule has 0 unspecified atom stereocenters. The molecule has 6 nitrogen and oxygen atoms in total. The van der Waals surface area contributed by atoms with E-state index in [4.69, 9.17) is 11.0 Å². The van der Waals surface area contributed by atoms with Gasteiger partial charge in [0, 0.05) is 11.3 Å². The number of aryl methyl sites for hydroxylation is 1. The number of hydrogen-bond donors (Lipinski definition) is 2. The van der Waals surface area contributed by atoms with Gasteiger partial charge in [-0.1, -0.05) is 19.1 Å². The third-order valence-corrected chi connectivity index (χ3v) is 3.92. The lowest BCUT2D eigenvalue weighted by atomic mass is 10.1. The molecule has 3 aromatic rings. The summed E-state index contributed by atoms with van der Waals surface area (Å²) in [5, 5.41) is 15.9. The molecule has 3 N–H and O–H groups in total. The number of nitrogen functional groups attached to an aromatic ring is 1. The topological polar surface area (TPSA) is 96.7 Å². The fourth-order valence-corrected chi connectivity index (χ4v) is 2.43. The van der Waals surface area contributed by atoms with E-state index in [2.05, 4.69) is 17.3 Å². The van der Waals surface area contributed by atoms with Crippen LogP contribution in [0.5, 0.6) is 0 Å². The van der Waals surface area contributed by atoms with Crippen molar-refractivity contribution in [1.82, 2.24) is 9.78 Å². The van der Waals surface area contributed by atoms with Crippen LogP contribution in [0.1, 0.15) is 28.4 Å². The molecule has 0 spiro atoms. The molecule has 0 atom stereocenters. The SMILES string of the molecule is CCc1ccc(NC(=O)c2ccc(-n3ncc(C#N)c3N)cc2)cc1. The van der Waals surface area contributed by atoms with Crippen LogP contribution in [0, 0.1) is 11.3 Å². The molecule has 0 saturated carbocycles. The number of nitriles is 1. The van der Waals surface area contributed by atoms with Gasteiger partial charge in [-0.25, -0.2) is 4.68 Å². The number of aromatic nitrogens is 2.